The summed E-state index contributed by atoms with van der Waals surface area (Å²) in [5.74, 6) is 0.621. The van der Waals surface area contributed by atoms with E-state index >= 15 is 0 Å². The number of aliphatic hydroxyl groups is 1. The van der Waals surface area contributed by atoms with E-state index in [2.05, 4.69) is 47.0 Å². The topological polar surface area (TPSA) is 23.5 Å². The summed E-state index contributed by atoms with van der Waals surface area (Å²) < 4.78 is 0. The van der Waals surface area contributed by atoms with Gasteiger partial charge in [-0.1, -0.05) is 18.6 Å². The standard InChI is InChI=1S/C19H25NOS2/c1-20-15-5-2-6-16(20)12-14(11-15)13-19(21,17-7-3-9-22-17)18-8-4-10-23-18/h3-4,7-10,14-16,21H,2,5-6,11-13H2,1H3/t14?,15-,16+. The molecule has 2 nitrogen and oxygen atoms in total. The minimum absolute atomic E-state index is 0.621. The molecule has 2 bridgehead atoms. The summed E-state index contributed by atoms with van der Waals surface area (Å²) in [6, 6.07) is 9.76. The minimum atomic E-state index is -0.794. The van der Waals surface area contributed by atoms with Crippen molar-refractivity contribution in [3.8, 4) is 0 Å². The lowest BCUT2D eigenvalue weighted by molar-refractivity contribution is -0.00359. The summed E-state index contributed by atoms with van der Waals surface area (Å²) in [6.07, 6.45) is 7.40. The Morgan fingerprint density at radius 2 is 1.65 bits per heavy atom. The third kappa shape index (κ3) is 2.91. The molecule has 2 aliphatic rings. The van der Waals surface area contributed by atoms with Gasteiger partial charge in [-0.05, 0) is 68.0 Å². The Balaban J connectivity index is 1.59. The van der Waals surface area contributed by atoms with Crippen LogP contribution in [0.25, 0.3) is 0 Å². The van der Waals surface area contributed by atoms with Crippen LogP contribution in [0.2, 0.25) is 0 Å². The van der Waals surface area contributed by atoms with Crippen LogP contribution < -0.4 is 0 Å². The van der Waals surface area contributed by atoms with Gasteiger partial charge in [0.2, 0.25) is 0 Å². The van der Waals surface area contributed by atoms with Crippen molar-refractivity contribution in [3.05, 3.63) is 44.8 Å². The van der Waals surface area contributed by atoms with Crippen molar-refractivity contribution in [1.29, 1.82) is 0 Å². The number of fused-ring (bicyclic) bond motifs is 2. The summed E-state index contributed by atoms with van der Waals surface area (Å²) in [7, 11) is 2.30. The van der Waals surface area contributed by atoms with E-state index in [1.54, 1.807) is 22.7 Å². The minimum Gasteiger partial charge on any atom is -0.379 e. The molecule has 23 heavy (non-hydrogen) atoms. The number of thiophene rings is 2. The molecule has 2 aliphatic heterocycles. The highest BCUT2D eigenvalue weighted by Gasteiger charge is 2.42. The summed E-state index contributed by atoms with van der Waals surface area (Å²) in [5.41, 5.74) is -0.794. The maximum atomic E-state index is 11.6. The maximum Gasteiger partial charge on any atom is 0.133 e. The number of nitrogens with zero attached hydrogens (tertiary/aromatic N) is 1. The van der Waals surface area contributed by atoms with Crippen LogP contribution >= 0.6 is 22.7 Å². The number of hydrogen-bond acceptors (Lipinski definition) is 4. The second-order valence-corrected chi connectivity index (χ2v) is 9.16. The highest BCUT2D eigenvalue weighted by molar-refractivity contribution is 7.11. The molecule has 4 rings (SSSR count). The molecule has 4 heterocycles. The Bertz CT molecular complexity index is 574. The fraction of sp³-hybridized carbons (Fsp3) is 0.579. The van der Waals surface area contributed by atoms with Crippen LogP contribution in [0.15, 0.2) is 35.0 Å². The van der Waals surface area contributed by atoms with Gasteiger partial charge in [-0.3, -0.25) is 0 Å². The van der Waals surface area contributed by atoms with Gasteiger partial charge in [0, 0.05) is 21.8 Å². The molecule has 0 amide bonds. The third-order valence-corrected chi connectivity index (χ3v) is 7.92. The van der Waals surface area contributed by atoms with Gasteiger partial charge in [0.1, 0.15) is 5.60 Å². The van der Waals surface area contributed by atoms with Crippen molar-refractivity contribution in [3.63, 3.8) is 0 Å². The van der Waals surface area contributed by atoms with Gasteiger partial charge in [0.05, 0.1) is 0 Å². The first kappa shape index (κ1) is 15.8. The Hall–Kier alpha value is -0.680. The van der Waals surface area contributed by atoms with Crippen LogP contribution in [0.5, 0.6) is 0 Å². The molecule has 124 valence electrons. The van der Waals surface area contributed by atoms with E-state index in [1.807, 2.05) is 0 Å². The van der Waals surface area contributed by atoms with Crippen LogP contribution in [0.4, 0.5) is 0 Å². The summed E-state index contributed by atoms with van der Waals surface area (Å²) in [4.78, 5) is 4.81. The van der Waals surface area contributed by atoms with Crippen LogP contribution in [-0.2, 0) is 5.60 Å². The number of rotatable bonds is 4. The van der Waals surface area contributed by atoms with Gasteiger partial charge in [0.15, 0.2) is 0 Å². The van der Waals surface area contributed by atoms with Crippen molar-refractivity contribution in [2.45, 2.75) is 56.2 Å². The Morgan fingerprint density at radius 1 is 1.09 bits per heavy atom. The molecule has 0 saturated carbocycles. The summed E-state index contributed by atoms with van der Waals surface area (Å²) in [5, 5.41) is 15.8. The van der Waals surface area contributed by atoms with Gasteiger partial charge in [-0.25, -0.2) is 0 Å². The molecule has 4 heteroatoms. The molecular weight excluding hydrogens is 322 g/mol. The van der Waals surface area contributed by atoms with Gasteiger partial charge in [0.25, 0.3) is 0 Å². The van der Waals surface area contributed by atoms with Gasteiger partial charge in [-0.2, -0.15) is 0 Å². The molecule has 1 unspecified atom stereocenters. The van der Waals surface area contributed by atoms with Crippen molar-refractivity contribution >= 4 is 22.7 Å². The highest BCUT2D eigenvalue weighted by atomic mass is 32.1. The number of hydrogen-bond donors (Lipinski definition) is 1. The van der Waals surface area contributed by atoms with E-state index in [1.165, 1.54) is 32.1 Å². The van der Waals surface area contributed by atoms with Gasteiger partial charge >= 0.3 is 0 Å². The fourth-order valence-electron chi connectivity index (χ4n) is 4.66. The molecule has 0 radical (unpaired) electrons. The molecular formula is C19H25NOS2. The van der Waals surface area contributed by atoms with Crippen LogP contribution in [0, 0.1) is 5.92 Å². The summed E-state index contributed by atoms with van der Waals surface area (Å²) >= 11 is 3.37. The first-order valence-corrected chi connectivity index (χ1v) is 10.4. The molecule has 2 saturated heterocycles. The quantitative estimate of drug-likeness (QED) is 0.866. The van der Waals surface area contributed by atoms with Gasteiger partial charge < -0.3 is 10.0 Å². The predicted molar refractivity (Wildman–Crippen MR) is 98.2 cm³/mol. The largest absolute Gasteiger partial charge is 0.379 e. The van der Waals surface area contributed by atoms with Crippen molar-refractivity contribution in [2.75, 3.05) is 7.05 Å². The van der Waals surface area contributed by atoms with E-state index in [0.29, 0.717) is 5.92 Å². The van der Waals surface area contributed by atoms with E-state index in [0.717, 1.165) is 28.3 Å². The zero-order valence-corrected chi connectivity index (χ0v) is 15.3. The monoisotopic (exact) mass is 347 g/mol. The molecule has 2 aromatic heterocycles. The Labute approximate surface area is 146 Å². The average molecular weight is 348 g/mol. The molecule has 2 fully saturated rings. The average Bonchev–Trinajstić information content (AvgIpc) is 3.22. The SMILES string of the molecule is CN1[C@@H]2CCC[C@H]1CC(CC(O)(c1cccs1)c1cccs1)C2. The Kier molecular flexibility index (Phi) is 4.35. The second kappa shape index (κ2) is 6.32. The molecule has 1 N–H and O–H groups in total. The highest BCUT2D eigenvalue weighted by Crippen LogP contribution is 2.45. The first-order valence-electron chi connectivity index (χ1n) is 8.69. The molecule has 3 atom stereocenters. The zero-order valence-electron chi connectivity index (χ0n) is 13.6. The van der Waals surface area contributed by atoms with E-state index < -0.39 is 5.60 Å². The third-order valence-electron chi connectivity index (χ3n) is 5.88. The van der Waals surface area contributed by atoms with E-state index in [-0.39, 0.29) is 0 Å². The smallest absolute Gasteiger partial charge is 0.133 e. The maximum absolute atomic E-state index is 11.6. The lowest BCUT2D eigenvalue weighted by Crippen LogP contribution is -2.50. The number of piperidine rings is 2. The lowest BCUT2D eigenvalue weighted by Gasteiger charge is -2.48. The molecule has 0 aliphatic carbocycles. The zero-order chi connectivity index (χ0) is 15.9. The lowest BCUT2D eigenvalue weighted by atomic mass is 9.74. The van der Waals surface area contributed by atoms with Gasteiger partial charge in [-0.15, -0.1) is 22.7 Å². The van der Waals surface area contributed by atoms with Crippen molar-refractivity contribution < 1.29 is 5.11 Å². The fourth-order valence-corrected chi connectivity index (χ4v) is 6.43. The van der Waals surface area contributed by atoms with Crippen LogP contribution in [-0.4, -0.2) is 29.1 Å². The van der Waals surface area contributed by atoms with Crippen molar-refractivity contribution in [1.82, 2.24) is 4.90 Å². The van der Waals surface area contributed by atoms with Crippen molar-refractivity contribution in [2.24, 2.45) is 5.92 Å². The molecule has 0 aromatic carbocycles. The van der Waals surface area contributed by atoms with E-state index in [9.17, 15) is 5.11 Å². The van der Waals surface area contributed by atoms with E-state index in [4.69, 9.17) is 0 Å². The summed E-state index contributed by atoms with van der Waals surface area (Å²) in [6.45, 7) is 0. The van der Waals surface area contributed by atoms with Crippen LogP contribution in [0.1, 0.15) is 48.3 Å². The predicted octanol–water partition coefficient (Wildman–Crippen LogP) is 4.70. The van der Waals surface area contributed by atoms with Crippen LogP contribution in [0.3, 0.4) is 0 Å². The Morgan fingerprint density at radius 3 is 2.13 bits per heavy atom. The molecule has 0 spiro atoms. The first-order chi connectivity index (χ1) is 11.2. The molecule has 2 aromatic rings. The second-order valence-electron chi connectivity index (χ2n) is 7.26. The normalized spacial score (nSPS) is 28.9.